The maximum absolute atomic E-state index is 12.5. The van der Waals surface area contributed by atoms with E-state index in [0.29, 0.717) is 25.4 Å². The number of aromatic nitrogens is 2. The number of ether oxygens (including phenoxy) is 1. The van der Waals surface area contributed by atoms with Crippen LogP contribution in [0.1, 0.15) is 42.4 Å². The summed E-state index contributed by atoms with van der Waals surface area (Å²) in [6.07, 6.45) is 2.17. The molecule has 122 valence electrons. The Morgan fingerprint density at radius 3 is 2.68 bits per heavy atom. The van der Waals surface area contributed by atoms with Gasteiger partial charge in [0.05, 0.1) is 12.2 Å². The predicted octanol–water partition coefficient (Wildman–Crippen LogP) is 1.12. The van der Waals surface area contributed by atoms with Gasteiger partial charge in [-0.2, -0.15) is 5.10 Å². The summed E-state index contributed by atoms with van der Waals surface area (Å²) in [5, 5.41) is 14.5. The normalized spacial score (nSPS) is 27.0. The molecular weight excluding hydrogens is 282 g/mol. The van der Waals surface area contributed by atoms with Gasteiger partial charge in [-0.1, -0.05) is 0 Å². The van der Waals surface area contributed by atoms with Crippen LogP contribution >= 0.6 is 0 Å². The number of hydrogen-bond donors (Lipinski definition) is 1. The number of carbonyl (C=O) groups excluding carboxylic acids is 1. The summed E-state index contributed by atoms with van der Waals surface area (Å²) >= 11 is 0. The summed E-state index contributed by atoms with van der Waals surface area (Å²) in [7, 11) is 1.84. The SMILES string of the molecule is CCO[C@@H]1C[C@H](O)C12CCN(C(=O)c1cc(C)n(C)n1)CC2. The fraction of sp³-hybridized carbons (Fsp3) is 0.750. The van der Waals surface area contributed by atoms with E-state index in [1.54, 1.807) is 4.68 Å². The van der Waals surface area contributed by atoms with Crippen molar-refractivity contribution in [1.29, 1.82) is 0 Å². The number of likely N-dealkylation sites (tertiary alicyclic amines) is 1. The van der Waals surface area contributed by atoms with Crippen LogP contribution in [0.15, 0.2) is 6.07 Å². The minimum Gasteiger partial charge on any atom is -0.392 e. The topological polar surface area (TPSA) is 67.6 Å². The van der Waals surface area contributed by atoms with Crippen molar-refractivity contribution in [3.63, 3.8) is 0 Å². The molecule has 1 amide bonds. The molecular formula is C16H25N3O3. The Morgan fingerprint density at radius 2 is 2.18 bits per heavy atom. The minimum atomic E-state index is -0.293. The first-order valence-corrected chi connectivity index (χ1v) is 8.07. The van der Waals surface area contributed by atoms with Crippen LogP contribution in [0.4, 0.5) is 0 Å². The predicted molar refractivity (Wildman–Crippen MR) is 81.6 cm³/mol. The average molecular weight is 307 g/mol. The molecule has 0 radical (unpaired) electrons. The molecule has 2 heterocycles. The highest BCUT2D eigenvalue weighted by atomic mass is 16.5. The van der Waals surface area contributed by atoms with Crippen LogP contribution in [0.5, 0.6) is 0 Å². The third kappa shape index (κ3) is 2.34. The van der Waals surface area contributed by atoms with E-state index in [4.69, 9.17) is 4.74 Å². The monoisotopic (exact) mass is 307 g/mol. The molecule has 0 bridgehead atoms. The first-order chi connectivity index (χ1) is 10.5. The van der Waals surface area contributed by atoms with E-state index in [2.05, 4.69) is 5.10 Å². The van der Waals surface area contributed by atoms with E-state index in [1.807, 2.05) is 31.9 Å². The van der Waals surface area contributed by atoms with E-state index in [1.165, 1.54) is 0 Å². The van der Waals surface area contributed by atoms with Gasteiger partial charge in [0, 0.05) is 44.3 Å². The fourth-order valence-electron chi connectivity index (χ4n) is 3.77. The van der Waals surface area contributed by atoms with Gasteiger partial charge in [-0.3, -0.25) is 9.48 Å². The standard InChI is InChI=1S/C16H25N3O3/c1-4-22-14-10-13(20)16(14)5-7-19(8-6-16)15(21)12-9-11(2)18(3)17-12/h9,13-14,20H,4-8,10H2,1-3H3/t13-,14+/m0/s1. The van der Waals surface area contributed by atoms with Gasteiger partial charge in [0.15, 0.2) is 5.69 Å². The van der Waals surface area contributed by atoms with Gasteiger partial charge in [-0.25, -0.2) is 0 Å². The zero-order valence-corrected chi connectivity index (χ0v) is 13.6. The summed E-state index contributed by atoms with van der Waals surface area (Å²) in [6.45, 7) is 5.92. The first-order valence-electron chi connectivity index (χ1n) is 8.07. The number of carbonyl (C=O) groups is 1. The van der Waals surface area contributed by atoms with Crippen molar-refractivity contribution in [3.8, 4) is 0 Å². The third-order valence-electron chi connectivity index (χ3n) is 5.42. The van der Waals surface area contributed by atoms with Gasteiger partial charge < -0.3 is 14.7 Å². The van der Waals surface area contributed by atoms with Crippen molar-refractivity contribution >= 4 is 5.91 Å². The molecule has 1 aliphatic heterocycles. The van der Waals surface area contributed by atoms with Gasteiger partial charge in [0.25, 0.3) is 5.91 Å². The molecule has 1 N–H and O–H groups in total. The van der Waals surface area contributed by atoms with Crippen LogP contribution in [0.2, 0.25) is 0 Å². The lowest BCUT2D eigenvalue weighted by Crippen LogP contribution is -2.62. The molecule has 2 aliphatic rings. The van der Waals surface area contributed by atoms with Crippen LogP contribution < -0.4 is 0 Å². The second-order valence-corrected chi connectivity index (χ2v) is 6.52. The zero-order chi connectivity index (χ0) is 15.9. The molecule has 1 aliphatic carbocycles. The number of hydrogen-bond acceptors (Lipinski definition) is 4. The zero-order valence-electron chi connectivity index (χ0n) is 13.6. The maximum atomic E-state index is 12.5. The molecule has 1 saturated carbocycles. The fourth-order valence-corrected chi connectivity index (χ4v) is 3.77. The summed E-state index contributed by atoms with van der Waals surface area (Å²) < 4.78 is 7.48. The van der Waals surface area contributed by atoms with Crippen LogP contribution in [-0.4, -0.2) is 57.6 Å². The highest BCUT2D eigenvalue weighted by Gasteiger charge is 2.56. The number of aliphatic hydroxyl groups excluding tert-OH is 1. The number of aryl methyl sites for hydroxylation is 2. The van der Waals surface area contributed by atoms with Crippen LogP contribution in [0, 0.1) is 12.3 Å². The van der Waals surface area contributed by atoms with Crippen molar-refractivity contribution < 1.29 is 14.6 Å². The van der Waals surface area contributed by atoms with E-state index in [9.17, 15) is 9.90 Å². The van der Waals surface area contributed by atoms with Gasteiger partial charge in [-0.05, 0) is 32.8 Å². The lowest BCUT2D eigenvalue weighted by Gasteiger charge is -2.56. The van der Waals surface area contributed by atoms with E-state index >= 15 is 0 Å². The molecule has 22 heavy (non-hydrogen) atoms. The van der Waals surface area contributed by atoms with E-state index in [-0.39, 0.29) is 23.5 Å². The Bertz CT molecular complexity index is 539. The summed E-state index contributed by atoms with van der Waals surface area (Å²) in [5.41, 5.74) is 1.33. The minimum absolute atomic E-state index is 0.0136. The molecule has 6 nitrogen and oxygen atoms in total. The average Bonchev–Trinajstić information content (AvgIpc) is 2.86. The van der Waals surface area contributed by atoms with Gasteiger partial charge in [0.1, 0.15) is 0 Å². The molecule has 0 aromatic carbocycles. The number of aliphatic hydroxyl groups is 1. The van der Waals surface area contributed by atoms with Crippen molar-refractivity contribution in [1.82, 2.24) is 14.7 Å². The number of nitrogens with zero attached hydrogens (tertiary/aromatic N) is 3. The molecule has 1 aromatic heterocycles. The van der Waals surface area contributed by atoms with Crippen molar-refractivity contribution in [3.05, 3.63) is 17.5 Å². The van der Waals surface area contributed by atoms with E-state index < -0.39 is 0 Å². The quantitative estimate of drug-likeness (QED) is 0.909. The third-order valence-corrected chi connectivity index (χ3v) is 5.42. The van der Waals surface area contributed by atoms with Gasteiger partial charge in [0.2, 0.25) is 0 Å². The molecule has 2 fully saturated rings. The lowest BCUT2D eigenvalue weighted by atomic mass is 9.58. The molecule has 0 unspecified atom stereocenters. The summed E-state index contributed by atoms with van der Waals surface area (Å²) in [6, 6.07) is 1.83. The van der Waals surface area contributed by atoms with Crippen LogP contribution in [0.25, 0.3) is 0 Å². The summed E-state index contributed by atoms with van der Waals surface area (Å²) in [5.74, 6) is -0.0136. The Hall–Kier alpha value is -1.40. The Morgan fingerprint density at radius 1 is 1.50 bits per heavy atom. The van der Waals surface area contributed by atoms with Crippen molar-refractivity contribution in [2.45, 2.75) is 45.3 Å². The smallest absolute Gasteiger partial charge is 0.274 e. The first kappa shape index (κ1) is 15.5. The Kier molecular flexibility index (Phi) is 3.99. The Balaban J connectivity index is 1.65. The Labute approximate surface area is 131 Å². The van der Waals surface area contributed by atoms with Crippen LogP contribution in [-0.2, 0) is 11.8 Å². The maximum Gasteiger partial charge on any atom is 0.274 e. The molecule has 1 spiro atoms. The largest absolute Gasteiger partial charge is 0.392 e. The number of piperidine rings is 1. The second-order valence-electron chi connectivity index (χ2n) is 6.52. The van der Waals surface area contributed by atoms with Crippen molar-refractivity contribution in [2.75, 3.05) is 19.7 Å². The lowest BCUT2D eigenvalue weighted by molar-refractivity contribution is -0.207. The van der Waals surface area contributed by atoms with Gasteiger partial charge in [-0.15, -0.1) is 0 Å². The highest BCUT2D eigenvalue weighted by Crippen LogP contribution is 2.51. The number of amides is 1. The molecule has 6 heteroatoms. The molecule has 2 atom stereocenters. The molecule has 3 rings (SSSR count). The molecule has 1 aromatic rings. The highest BCUT2D eigenvalue weighted by molar-refractivity contribution is 5.92. The second kappa shape index (κ2) is 5.66. The van der Waals surface area contributed by atoms with E-state index in [0.717, 1.165) is 25.0 Å². The van der Waals surface area contributed by atoms with Gasteiger partial charge >= 0.3 is 0 Å². The number of rotatable bonds is 3. The molecule has 1 saturated heterocycles. The summed E-state index contributed by atoms with van der Waals surface area (Å²) in [4.78, 5) is 14.4. The van der Waals surface area contributed by atoms with Crippen molar-refractivity contribution in [2.24, 2.45) is 12.5 Å². The van der Waals surface area contributed by atoms with Crippen LogP contribution in [0.3, 0.4) is 0 Å².